The maximum atomic E-state index is 13.0. The van der Waals surface area contributed by atoms with Crippen LogP contribution >= 0.6 is 0 Å². The highest BCUT2D eigenvalue weighted by Gasteiger charge is 2.31. The molecule has 1 aliphatic rings. The van der Waals surface area contributed by atoms with Crippen LogP contribution in [-0.4, -0.2) is 49.3 Å². The van der Waals surface area contributed by atoms with Gasteiger partial charge < -0.3 is 19.2 Å². The van der Waals surface area contributed by atoms with Gasteiger partial charge in [-0.2, -0.15) is 13.2 Å². The lowest BCUT2D eigenvalue weighted by molar-refractivity contribution is -0.137. The van der Waals surface area contributed by atoms with E-state index in [-0.39, 0.29) is 11.2 Å². The van der Waals surface area contributed by atoms with E-state index in [9.17, 15) is 23.1 Å². The smallest absolute Gasteiger partial charge is 0.416 e. The van der Waals surface area contributed by atoms with E-state index in [4.69, 9.17) is 9.15 Å². The summed E-state index contributed by atoms with van der Waals surface area (Å²) < 4.78 is 50.6. The molecule has 6 nitrogen and oxygen atoms in total. The van der Waals surface area contributed by atoms with Crippen molar-refractivity contribution in [3.05, 3.63) is 88.8 Å². The average Bonchev–Trinajstić information content (AvgIpc) is 2.90. The Balaban J connectivity index is 1.16. The molecule has 0 saturated carbocycles. The number of phenols is 1. The number of hydrogen-bond donors (Lipinski definition) is 1. The van der Waals surface area contributed by atoms with Crippen LogP contribution in [-0.2, 0) is 6.18 Å². The summed E-state index contributed by atoms with van der Waals surface area (Å²) in [6, 6.07) is 16.9. The summed E-state index contributed by atoms with van der Waals surface area (Å²) in [5.41, 5.74) is 1.25. The third-order valence-corrected chi connectivity index (χ3v) is 6.51. The number of fused-ring (bicyclic) bond motifs is 1. The summed E-state index contributed by atoms with van der Waals surface area (Å²) in [6.45, 7) is 3.78. The Morgan fingerprint density at radius 2 is 1.70 bits per heavy atom. The second kappa shape index (κ2) is 10.2. The minimum Gasteiger partial charge on any atom is -0.508 e. The van der Waals surface area contributed by atoms with Crippen LogP contribution in [0.3, 0.4) is 0 Å². The first-order valence-electron chi connectivity index (χ1n) is 11.9. The molecular formula is C28H25F3N2O4. The van der Waals surface area contributed by atoms with Gasteiger partial charge in [-0.25, -0.2) is 0 Å². The maximum Gasteiger partial charge on any atom is 0.416 e. The topological polar surface area (TPSA) is 66.2 Å². The monoisotopic (exact) mass is 510 g/mol. The Bertz CT molecular complexity index is 1440. The molecule has 0 bridgehead atoms. The average molecular weight is 511 g/mol. The molecule has 5 rings (SSSR count). The first-order valence-corrected chi connectivity index (χ1v) is 11.9. The van der Waals surface area contributed by atoms with Gasteiger partial charge in [-0.15, -0.1) is 0 Å². The highest BCUT2D eigenvalue weighted by Crippen LogP contribution is 2.32. The van der Waals surface area contributed by atoms with Crippen LogP contribution in [0.1, 0.15) is 5.56 Å². The number of halogens is 3. The van der Waals surface area contributed by atoms with E-state index in [1.54, 1.807) is 36.4 Å². The van der Waals surface area contributed by atoms with Crippen molar-refractivity contribution in [1.82, 2.24) is 4.90 Å². The number of nitrogens with zero attached hydrogens (tertiary/aromatic N) is 2. The zero-order chi connectivity index (χ0) is 26.0. The van der Waals surface area contributed by atoms with Crippen LogP contribution in [0, 0.1) is 0 Å². The molecule has 9 heteroatoms. The van der Waals surface area contributed by atoms with Crippen molar-refractivity contribution in [2.75, 3.05) is 44.2 Å². The van der Waals surface area contributed by atoms with Crippen LogP contribution in [0.2, 0.25) is 0 Å². The predicted molar refractivity (Wildman–Crippen MR) is 135 cm³/mol. The van der Waals surface area contributed by atoms with E-state index >= 15 is 0 Å². The van der Waals surface area contributed by atoms with Crippen LogP contribution in [0.4, 0.5) is 18.9 Å². The van der Waals surface area contributed by atoms with Crippen LogP contribution < -0.4 is 15.1 Å². The number of alkyl halides is 3. The lowest BCUT2D eigenvalue weighted by Gasteiger charge is -2.36. The zero-order valence-electron chi connectivity index (χ0n) is 19.9. The highest BCUT2D eigenvalue weighted by atomic mass is 19.4. The SMILES string of the molecule is O=c1c(-c2ccc(O)cc2)coc2cc(OCCN3CCN(c4cccc(C(F)(F)F)c4)CC3)ccc12. The fourth-order valence-electron chi connectivity index (χ4n) is 4.44. The molecule has 1 aliphatic heterocycles. The maximum absolute atomic E-state index is 13.0. The molecule has 1 aromatic heterocycles. The first-order chi connectivity index (χ1) is 17.8. The predicted octanol–water partition coefficient (Wildman–Crippen LogP) is 5.39. The van der Waals surface area contributed by atoms with Crippen LogP contribution in [0.5, 0.6) is 11.5 Å². The molecule has 2 heterocycles. The molecule has 37 heavy (non-hydrogen) atoms. The normalized spacial score (nSPS) is 14.7. The number of anilines is 1. The van der Waals surface area contributed by atoms with Crippen molar-refractivity contribution in [2.24, 2.45) is 0 Å². The van der Waals surface area contributed by atoms with E-state index in [0.717, 1.165) is 6.07 Å². The summed E-state index contributed by atoms with van der Waals surface area (Å²) in [5, 5.41) is 9.90. The van der Waals surface area contributed by atoms with Gasteiger partial charge in [0.2, 0.25) is 0 Å². The van der Waals surface area contributed by atoms with E-state index in [0.29, 0.717) is 72.9 Å². The van der Waals surface area contributed by atoms with E-state index < -0.39 is 11.7 Å². The number of hydrogen-bond acceptors (Lipinski definition) is 6. The molecule has 1 fully saturated rings. The Hall–Kier alpha value is -3.98. The molecule has 0 aliphatic carbocycles. The molecule has 0 radical (unpaired) electrons. The number of benzene rings is 3. The van der Waals surface area contributed by atoms with Gasteiger partial charge in [0.25, 0.3) is 0 Å². The van der Waals surface area contributed by atoms with Gasteiger partial charge in [0, 0.05) is 44.5 Å². The number of ether oxygens (including phenoxy) is 1. The van der Waals surface area contributed by atoms with E-state index in [2.05, 4.69) is 4.90 Å². The van der Waals surface area contributed by atoms with E-state index in [1.807, 2.05) is 4.90 Å². The van der Waals surface area contributed by atoms with Gasteiger partial charge in [0.15, 0.2) is 5.43 Å². The van der Waals surface area contributed by atoms with Gasteiger partial charge in [0.05, 0.1) is 16.5 Å². The van der Waals surface area contributed by atoms with Crippen molar-refractivity contribution < 1.29 is 27.4 Å². The number of aromatic hydroxyl groups is 1. The number of phenolic OH excluding ortho intramolecular Hbond substituents is 1. The zero-order valence-corrected chi connectivity index (χ0v) is 19.9. The first kappa shape index (κ1) is 24.7. The fraction of sp³-hybridized carbons (Fsp3) is 0.250. The minimum absolute atomic E-state index is 0.119. The molecule has 0 amide bonds. The van der Waals surface area contributed by atoms with Gasteiger partial charge >= 0.3 is 6.18 Å². The Morgan fingerprint density at radius 3 is 2.43 bits per heavy atom. The Labute approximate surface area is 211 Å². The third-order valence-electron chi connectivity index (χ3n) is 6.51. The van der Waals surface area contributed by atoms with Gasteiger partial charge in [0.1, 0.15) is 30.0 Å². The van der Waals surface area contributed by atoms with Crippen molar-refractivity contribution in [3.63, 3.8) is 0 Å². The molecule has 3 aromatic carbocycles. The summed E-state index contributed by atoms with van der Waals surface area (Å²) in [4.78, 5) is 17.1. The summed E-state index contributed by atoms with van der Waals surface area (Å²) in [6.07, 6.45) is -2.94. The molecule has 0 unspecified atom stereocenters. The standard InChI is InChI=1S/C28H25F3N2O4/c29-28(30,31)20-2-1-3-21(16-20)33-12-10-32(11-13-33)14-15-36-23-8-9-24-26(17-23)37-18-25(27(24)35)19-4-6-22(34)7-5-19/h1-9,16-18,34H,10-15H2. The van der Waals surface area contributed by atoms with Gasteiger partial charge in [-0.05, 0) is 48.0 Å². The summed E-state index contributed by atoms with van der Waals surface area (Å²) >= 11 is 0. The highest BCUT2D eigenvalue weighted by molar-refractivity contribution is 5.82. The minimum atomic E-state index is -4.35. The number of rotatable bonds is 6. The van der Waals surface area contributed by atoms with Crippen LogP contribution in [0.25, 0.3) is 22.1 Å². The van der Waals surface area contributed by atoms with E-state index in [1.165, 1.54) is 30.5 Å². The lowest BCUT2D eigenvalue weighted by Crippen LogP contribution is -2.47. The van der Waals surface area contributed by atoms with Crippen molar-refractivity contribution in [1.29, 1.82) is 0 Å². The van der Waals surface area contributed by atoms with Gasteiger partial charge in [-0.3, -0.25) is 9.69 Å². The molecule has 1 N–H and O–H groups in total. The molecule has 0 atom stereocenters. The van der Waals surface area contributed by atoms with Crippen molar-refractivity contribution in [2.45, 2.75) is 6.18 Å². The Morgan fingerprint density at radius 1 is 0.946 bits per heavy atom. The third kappa shape index (κ3) is 5.56. The second-order valence-corrected chi connectivity index (χ2v) is 8.91. The Kier molecular flexibility index (Phi) is 6.80. The molecule has 4 aromatic rings. The lowest BCUT2D eigenvalue weighted by atomic mass is 10.1. The van der Waals surface area contributed by atoms with Crippen molar-refractivity contribution in [3.8, 4) is 22.6 Å². The number of piperazine rings is 1. The summed E-state index contributed by atoms with van der Waals surface area (Å²) in [5.74, 6) is 0.698. The summed E-state index contributed by atoms with van der Waals surface area (Å²) in [7, 11) is 0. The van der Waals surface area contributed by atoms with Crippen LogP contribution in [0.15, 0.2) is 82.2 Å². The van der Waals surface area contributed by atoms with Gasteiger partial charge in [-0.1, -0.05) is 18.2 Å². The fourth-order valence-corrected chi connectivity index (χ4v) is 4.44. The van der Waals surface area contributed by atoms with Crippen molar-refractivity contribution >= 4 is 16.7 Å². The molecular weight excluding hydrogens is 485 g/mol. The molecule has 192 valence electrons. The second-order valence-electron chi connectivity index (χ2n) is 8.91. The quantitative estimate of drug-likeness (QED) is 0.376. The molecule has 0 spiro atoms. The largest absolute Gasteiger partial charge is 0.508 e. The molecule has 1 saturated heterocycles.